The van der Waals surface area contributed by atoms with Crippen molar-refractivity contribution in [1.82, 2.24) is 5.32 Å². The Labute approximate surface area is 118 Å². The van der Waals surface area contributed by atoms with Gasteiger partial charge in [0.1, 0.15) is 0 Å². The van der Waals surface area contributed by atoms with Crippen molar-refractivity contribution in [2.45, 2.75) is 19.8 Å². The van der Waals surface area contributed by atoms with Gasteiger partial charge in [0.2, 0.25) is 0 Å². The second kappa shape index (κ2) is 8.11. The van der Waals surface area contributed by atoms with Crippen LogP contribution in [0.4, 0.5) is 5.69 Å². The molecule has 0 aromatic heterocycles. The van der Waals surface area contributed by atoms with Gasteiger partial charge >= 0.3 is 5.97 Å². The van der Waals surface area contributed by atoms with Gasteiger partial charge in [-0.25, -0.2) is 0 Å². The molecule has 5 heteroatoms. The molecule has 0 saturated heterocycles. The van der Waals surface area contributed by atoms with E-state index < -0.39 is 0 Å². The summed E-state index contributed by atoms with van der Waals surface area (Å²) in [4.78, 5) is 11.3. The van der Waals surface area contributed by atoms with Gasteiger partial charge in [0, 0.05) is 18.2 Å². The minimum atomic E-state index is -0.293. The zero-order valence-corrected chi connectivity index (χ0v) is 11.8. The van der Waals surface area contributed by atoms with Crippen molar-refractivity contribution >= 4 is 29.0 Å². The van der Waals surface area contributed by atoms with Crippen molar-refractivity contribution in [2.24, 2.45) is 0 Å². The predicted molar refractivity (Wildman–Crippen MR) is 79.6 cm³/mol. The van der Waals surface area contributed by atoms with Gasteiger partial charge in [-0.3, -0.25) is 10.1 Å². The number of hydrogen-bond acceptors (Lipinski definition) is 3. The number of para-hydroxylation sites is 1. The lowest BCUT2D eigenvalue weighted by atomic mass is 10.1. The summed E-state index contributed by atoms with van der Waals surface area (Å²) in [7, 11) is 1.37. The maximum Gasteiger partial charge on any atom is 0.310 e. The van der Waals surface area contributed by atoms with E-state index in [1.54, 1.807) is 0 Å². The lowest BCUT2D eigenvalue weighted by Gasteiger charge is -2.11. The predicted octanol–water partition coefficient (Wildman–Crippen LogP) is 2.06. The van der Waals surface area contributed by atoms with Crippen molar-refractivity contribution in [3.05, 3.63) is 29.8 Å². The zero-order valence-electron chi connectivity index (χ0n) is 10.9. The van der Waals surface area contributed by atoms with Crippen LogP contribution in [0.1, 0.15) is 18.9 Å². The fourth-order valence-electron chi connectivity index (χ4n) is 1.37. The highest BCUT2D eigenvalue weighted by atomic mass is 32.1. The van der Waals surface area contributed by atoms with E-state index >= 15 is 0 Å². The van der Waals surface area contributed by atoms with Crippen LogP contribution in [0.2, 0.25) is 0 Å². The molecule has 0 heterocycles. The number of carbonyl (C=O) groups excluding carboxylic acids is 1. The minimum Gasteiger partial charge on any atom is -0.469 e. The second-order valence-electron chi connectivity index (χ2n) is 3.64. The van der Waals surface area contributed by atoms with Crippen LogP contribution in [-0.2, 0) is 16.0 Å². The van der Waals surface area contributed by atoms with Crippen molar-refractivity contribution in [2.75, 3.05) is 12.4 Å². The summed E-state index contributed by atoms with van der Waals surface area (Å²) in [5.74, 6) is 2.57. The molecule has 0 bridgehead atoms. The fraction of sp³-hybridized carbons (Fsp3) is 0.286. The number of ether oxygens (including phenoxy) is 1. The van der Waals surface area contributed by atoms with Crippen LogP contribution in [0.3, 0.4) is 0 Å². The molecule has 2 N–H and O–H groups in total. The summed E-state index contributed by atoms with van der Waals surface area (Å²) < 4.78 is 4.66. The molecule has 0 amide bonds. The highest BCUT2D eigenvalue weighted by molar-refractivity contribution is 7.80. The summed E-state index contributed by atoms with van der Waals surface area (Å²) in [6.45, 7) is 1.96. The average Bonchev–Trinajstić information content (AvgIpc) is 2.41. The van der Waals surface area contributed by atoms with E-state index in [0.29, 0.717) is 5.11 Å². The minimum absolute atomic E-state index is 0.197. The molecule has 100 valence electrons. The monoisotopic (exact) mass is 276 g/mol. The Morgan fingerprint density at radius 3 is 2.84 bits per heavy atom. The number of esters is 1. The quantitative estimate of drug-likeness (QED) is 0.383. The van der Waals surface area contributed by atoms with Crippen molar-refractivity contribution < 1.29 is 9.53 Å². The van der Waals surface area contributed by atoms with Crippen molar-refractivity contribution in [1.29, 1.82) is 0 Å². The van der Waals surface area contributed by atoms with Gasteiger partial charge in [-0.15, -0.1) is 0 Å². The highest BCUT2D eigenvalue weighted by Gasteiger charge is 2.08. The van der Waals surface area contributed by atoms with Crippen LogP contribution in [0.5, 0.6) is 0 Å². The van der Waals surface area contributed by atoms with E-state index in [-0.39, 0.29) is 12.4 Å². The molecule has 0 aliphatic carbocycles. The topological polar surface area (TPSA) is 50.4 Å². The first-order chi connectivity index (χ1) is 9.17. The van der Waals surface area contributed by atoms with Crippen LogP contribution in [-0.4, -0.2) is 18.2 Å². The summed E-state index contributed by atoms with van der Waals surface area (Å²) >= 11 is 5.11. The molecular weight excluding hydrogens is 260 g/mol. The van der Waals surface area contributed by atoms with E-state index in [1.165, 1.54) is 7.11 Å². The second-order valence-corrected chi connectivity index (χ2v) is 4.05. The molecule has 0 radical (unpaired) electrons. The van der Waals surface area contributed by atoms with Crippen LogP contribution < -0.4 is 10.6 Å². The number of thiocarbonyl (C=S) groups is 1. The van der Waals surface area contributed by atoms with Gasteiger partial charge in [0.25, 0.3) is 0 Å². The lowest BCUT2D eigenvalue weighted by Crippen LogP contribution is -2.24. The largest absolute Gasteiger partial charge is 0.469 e. The molecule has 19 heavy (non-hydrogen) atoms. The zero-order chi connectivity index (χ0) is 14.1. The number of hydrogen-bond donors (Lipinski definition) is 2. The molecule has 0 saturated carbocycles. The molecule has 0 aliphatic heterocycles. The summed E-state index contributed by atoms with van der Waals surface area (Å²) in [6.07, 6.45) is 0.956. The molecule has 1 aromatic rings. The molecular formula is C14H16N2O2S. The van der Waals surface area contributed by atoms with Gasteiger partial charge in [-0.2, -0.15) is 0 Å². The third-order valence-electron chi connectivity index (χ3n) is 2.27. The average molecular weight is 276 g/mol. The lowest BCUT2D eigenvalue weighted by molar-refractivity contribution is -0.139. The Bertz CT molecular complexity index is 518. The van der Waals surface area contributed by atoms with E-state index in [1.807, 2.05) is 31.2 Å². The number of nitrogens with one attached hydrogen (secondary N) is 2. The third kappa shape index (κ3) is 5.40. The third-order valence-corrected chi connectivity index (χ3v) is 2.47. The SMILES string of the molecule is CCC#CNC(=S)Nc1ccccc1CC(=O)OC. The van der Waals surface area contributed by atoms with Crippen molar-refractivity contribution in [3.8, 4) is 12.0 Å². The molecule has 0 spiro atoms. The number of anilines is 1. The van der Waals surface area contributed by atoms with Crippen LogP contribution in [0, 0.1) is 12.0 Å². The van der Waals surface area contributed by atoms with Crippen LogP contribution in [0.25, 0.3) is 0 Å². The smallest absolute Gasteiger partial charge is 0.310 e. The molecule has 0 aliphatic rings. The van der Waals surface area contributed by atoms with E-state index in [4.69, 9.17) is 12.2 Å². The van der Waals surface area contributed by atoms with Gasteiger partial charge in [0.15, 0.2) is 5.11 Å². The maximum absolute atomic E-state index is 11.3. The Morgan fingerprint density at radius 2 is 2.16 bits per heavy atom. The van der Waals surface area contributed by atoms with Crippen LogP contribution >= 0.6 is 12.2 Å². The first-order valence-electron chi connectivity index (χ1n) is 5.87. The van der Waals surface area contributed by atoms with Gasteiger partial charge < -0.3 is 10.1 Å². The number of methoxy groups -OCH3 is 1. The Balaban J connectivity index is 2.72. The first kappa shape index (κ1) is 15.0. The Hall–Kier alpha value is -2.06. The van der Waals surface area contributed by atoms with E-state index in [2.05, 4.69) is 27.3 Å². The maximum atomic E-state index is 11.3. The molecule has 0 fully saturated rings. The summed E-state index contributed by atoms with van der Waals surface area (Å²) in [5, 5.41) is 6.18. The molecule has 1 rings (SSSR count). The standard InChI is InChI=1S/C14H16N2O2S/c1-3-4-9-15-14(19)16-12-8-6-5-7-11(12)10-13(17)18-2/h5-8H,3,10H2,1-2H3,(H2,15,16,19). The molecule has 1 aromatic carbocycles. The fourth-order valence-corrected chi connectivity index (χ4v) is 1.53. The number of rotatable bonds is 3. The van der Waals surface area contributed by atoms with E-state index in [9.17, 15) is 4.79 Å². The molecule has 0 atom stereocenters. The number of carbonyl (C=O) groups is 1. The van der Waals surface area contributed by atoms with Crippen LogP contribution in [0.15, 0.2) is 24.3 Å². The first-order valence-corrected chi connectivity index (χ1v) is 6.27. The normalized spacial score (nSPS) is 8.95. The van der Waals surface area contributed by atoms with Gasteiger partial charge in [-0.05, 0) is 23.8 Å². The Kier molecular flexibility index (Phi) is 6.41. The summed E-state index contributed by atoms with van der Waals surface area (Å²) in [5.41, 5.74) is 1.59. The van der Waals surface area contributed by atoms with E-state index in [0.717, 1.165) is 17.7 Å². The number of benzene rings is 1. The van der Waals surface area contributed by atoms with Gasteiger partial charge in [0.05, 0.1) is 13.5 Å². The van der Waals surface area contributed by atoms with Crippen molar-refractivity contribution in [3.63, 3.8) is 0 Å². The Morgan fingerprint density at radius 1 is 1.42 bits per heavy atom. The molecule has 0 unspecified atom stereocenters. The summed E-state index contributed by atoms with van der Waals surface area (Å²) in [6, 6.07) is 10.1. The highest BCUT2D eigenvalue weighted by Crippen LogP contribution is 2.15. The van der Waals surface area contributed by atoms with Gasteiger partial charge in [-0.1, -0.05) is 31.0 Å². The molecule has 4 nitrogen and oxygen atoms in total.